The van der Waals surface area contributed by atoms with Crippen molar-refractivity contribution in [2.45, 2.75) is 49.1 Å². The maximum Gasteiger partial charge on any atom is 0.326 e. The molecule has 0 radical (unpaired) electrons. The van der Waals surface area contributed by atoms with Gasteiger partial charge in [-0.1, -0.05) is 24.3 Å². The number of carboxylic acids is 1. The van der Waals surface area contributed by atoms with Crippen molar-refractivity contribution in [2.24, 2.45) is 11.5 Å². The van der Waals surface area contributed by atoms with E-state index in [-0.39, 0.29) is 54.7 Å². The van der Waals surface area contributed by atoms with Crippen LogP contribution in [0.15, 0.2) is 53.4 Å². The zero-order chi connectivity index (χ0) is 27.9. The predicted octanol–water partition coefficient (Wildman–Crippen LogP) is 0.613. The Labute approximate surface area is 220 Å². The second kappa shape index (κ2) is 12.6. The lowest BCUT2D eigenvalue weighted by molar-refractivity contribution is -0.152. The Kier molecular flexibility index (Phi) is 9.55. The van der Waals surface area contributed by atoms with Gasteiger partial charge in [0.05, 0.1) is 4.90 Å². The number of sulfonamides is 1. The summed E-state index contributed by atoms with van der Waals surface area (Å²) in [5, 5.41) is 19.9. The molecule has 204 valence electrons. The van der Waals surface area contributed by atoms with Gasteiger partial charge in [0.2, 0.25) is 21.8 Å². The quantitative estimate of drug-likeness (QED) is 0.174. The molecule has 1 heterocycles. The third-order valence-corrected chi connectivity index (χ3v) is 7.61. The Balaban J connectivity index is 1.94. The van der Waals surface area contributed by atoms with Crippen molar-refractivity contribution in [1.29, 1.82) is 5.41 Å². The van der Waals surface area contributed by atoms with E-state index < -0.39 is 34.0 Å². The monoisotopic (exact) mass is 544 g/mol. The lowest BCUT2D eigenvalue weighted by atomic mass is 9.98. The van der Waals surface area contributed by atoms with Gasteiger partial charge in [-0.3, -0.25) is 15.0 Å². The normalized spacial score (nSPS) is 16.4. The molecule has 0 saturated carbocycles. The van der Waals surface area contributed by atoms with Crippen LogP contribution in [0, 0.1) is 5.41 Å². The van der Waals surface area contributed by atoms with Crippen molar-refractivity contribution in [2.75, 3.05) is 18.4 Å². The summed E-state index contributed by atoms with van der Waals surface area (Å²) in [7, 11) is -4.29. The minimum absolute atomic E-state index is 0.0612. The van der Waals surface area contributed by atoms with Gasteiger partial charge >= 0.3 is 5.97 Å². The van der Waals surface area contributed by atoms with Crippen LogP contribution >= 0.6 is 0 Å². The number of piperidine rings is 1. The van der Waals surface area contributed by atoms with E-state index in [0.717, 1.165) is 0 Å². The number of benzene rings is 2. The number of amidine groups is 1. The van der Waals surface area contributed by atoms with E-state index in [1.54, 1.807) is 24.3 Å². The molecule has 38 heavy (non-hydrogen) atoms. The lowest BCUT2D eigenvalue weighted by Gasteiger charge is -2.35. The molecule has 2 aromatic carbocycles. The Morgan fingerprint density at radius 1 is 1.13 bits per heavy atom. The summed E-state index contributed by atoms with van der Waals surface area (Å²) < 4.78 is 29.2. The number of aliphatic carboxylic acids is 1. The number of carboxylic acid groups (broad SMARTS) is 1. The van der Waals surface area contributed by atoms with Crippen molar-refractivity contribution in [3.05, 3.63) is 59.7 Å². The molecule has 2 atom stereocenters. The number of rotatable bonds is 11. The van der Waals surface area contributed by atoms with E-state index in [9.17, 15) is 27.9 Å². The summed E-state index contributed by atoms with van der Waals surface area (Å²) in [6.45, 7) is 0.317. The fraction of sp³-hybridized carbons (Fsp3) is 0.360. The first-order chi connectivity index (χ1) is 18.0. The fourth-order valence-corrected chi connectivity index (χ4v) is 5.52. The number of likely N-dealkylation sites (tertiary alicyclic amines) is 1. The average Bonchev–Trinajstić information content (AvgIpc) is 2.88. The standard InChI is InChI=1S/C25H32N6O6S/c26-11-10-22(32)29-18-7-4-8-19(15-18)38(36,37)30-20(14-16-5-3-6-17(13-16)23(27)28)24(33)31-12-2-1-9-21(31)25(34)35/h3-8,13,15,20-21,30H,1-2,9-12,14,26H2,(H3,27,28)(H,29,32)(H,34,35)/t20-,21-/m0/s1. The van der Waals surface area contributed by atoms with Gasteiger partial charge < -0.3 is 26.8 Å². The zero-order valence-electron chi connectivity index (χ0n) is 20.7. The van der Waals surface area contributed by atoms with Crippen molar-refractivity contribution < 1.29 is 27.9 Å². The Morgan fingerprint density at radius 3 is 2.55 bits per heavy atom. The molecule has 12 nitrogen and oxygen atoms in total. The number of carbonyl (C=O) groups is 3. The fourth-order valence-electron chi connectivity index (χ4n) is 4.28. The van der Waals surface area contributed by atoms with Gasteiger partial charge in [0.15, 0.2) is 0 Å². The highest BCUT2D eigenvalue weighted by Gasteiger charge is 2.37. The van der Waals surface area contributed by atoms with Crippen LogP contribution in [0.4, 0.5) is 5.69 Å². The maximum atomic E-state index is 13.6. The first-order valence-electron chi connectivity index (χ1n) is 12.1. The molecule has 1 aliphatic heterocycles. The highest BCUT2D eigenvalue weighted by molar-refractivity contribution is 7.89. The number of carbonyl (C=O) groups excluding carboxylic acids is 2. The van der Waals surface area contributed by atoms with Crippen LogP contribution in [0.2, 0.25) is 0 Å². The second-order valence-electron chi connectivity index (χ2n) is 8.99. The Hall–Kier alpha value is -3.81. The van der Waals surface area contributed by atoms with Crippen LogP contribution in [-0.2, 0) is 30.8 Å². The smallest absolute Gasteiger partial charge is 0.326 e. The highest BCUT2D eigenvalue weighted by atomic mass is 32.2. The van der Waals surface area contributed by atoms with Gasteiger partial charge in [0.1, 0.15) is 17.9 Å². The molecule has 3 rings (SSSR count). The SMILES string of the molecule is N=C(N)c1cccc(C[C@H](NS(=O)(=O)c2cccc(NC(=O)CCN)c2)C(=O)N2CCCC[C@H]2C(=O)O)c1. The predicted molar refractivity (Wildman–Crippen MR) is 141 cm³/mol. The topological polar surface area (TPSA) is 209 Å². The summed E-state index contributed by atoms with van der Waals surface area (Å²) in [4.78, 5) is 38.4. The van der Waals surface area contributed by atoms with Crippen molar-refractivity contribution in [3.8, 4) is 0 Å². The first kappa shape index (κ1) is 28.8. The van der Waals surface area contributed by atoms with Crippen molar-refractivity contribution >= 4 is 39.3 Å². The number of nitrogens with zero attached hydrogens (tertiary/aromatic N) is 1. The van der Waals surface area contributed by atoms with Crippen molar-refractivity contribution in [3.63, 3.8) is 0 Å². The molecule has 1 saturated heterocycles. The van der Waals surface area contributed by atoms with Gasteiger partial charge in [0.25, 0.3) is 0 Å². The van der Waals surface area contributed by atoms with Crippen LogP contribution < -0.4 is 21.5 Å². The number of anilines is 1. The number of nitrogens with one attached hydrogen (secondary N) is 3. The molecule has 2 amide bonds. The zero-order valence-corrected chi connectivity index (χ0v) is 21.5. The minimum atomic E-state index is -4.29. The van der Waals surface area contributed by atoms with Gasteiger partial charge in [-0.05, 0) is 55.5 Å². The van der Waals surface area contributed by atoms with Gasteiger partial charge in [-0.15, -0.1) is 0 Å². The van der Waals surface area contributed by atoms with Crippen LogP contribution in [0.3, 0.4) is 0 Å². The number of hydrogen-bond acceptors (Lipinski definition) is 7. The van der Waals surface area contributed by atoms with Crippen LogP contribution in [0.25, 0.3) is 0 Å². The van der Waals surface area contributed by atoms with E-state index in [1.165, 1.54) is 29.2 Å². The second-order valence-corrected chi connectivity index (χ2v) is 10.7. The molecule has 0 spiro atoms. The molecule has 0 unspecified atom stereocenters. The molecular formula is C25H32N6O6S. The molecular weight excluding hydrogens is 512 g/mol. The van der Waals surface area contributed by atoms with E-state index in [0.29, 0.717) is 24.0 Å². The van der Waals surface area contributed by atoms with Crippen molar-refractivity contribution in [1.82, 2.24) is 9.62 Å². The number of nitrogens with two attached hydrogens (primary N) is 2. The van der Waals surface area contributed by atoms with E-state index in [4.69, 9.17) is 16.9 Å². The van der Waals surface area contributed by atoms with Gasteiger partial charge in [0, 0.05) is 30.8 Å². The van der Waals surface area contributed by atoms with E-state index in [1.807, 2.05) is 0 Å². The molecule has 1 aliphatic rings. The molecule has 2 aromatic rings. The Morgan fingerprint density at radius 2 is 1.87 bits per heavy atom. The maximum absolute atomic E-state index is 13.6. The molecule has 8 N–H and O–H groups in total. The molecule has 1 fully saturated rings. The van der Waals surface area contributed by atoms with Gasteiger partial charge in [-0.25, -0.2) is 13.2 Å². The largest absolute Gasteiger partial charge is 0.480 e. The van der Waals surface area contributed by atoms with Crippen LogP contribution in [-0.4, -0.2) is 67.2 Å². The third kappa shape index (κ3) is 7.37. The molecule has 0 bridgehead atoms. The number of hydrogen-bond donors (Lipinski definition) is 6. The lowest BCUT2D eigenvalue weighted by Crippen LogP contribution is -2.56. The molecule has 13 heteroatoms. The first-order valence-corrected chi connectivity index (χ1v) is 13.6. The number of nitrogen functional groups attached to an aromatic ring is 1. The summed E-state index contributed by atoms with van der Waals surface area (Å²) in [6.07, 6.45) is 1.46. The highest BCUT2D eigenvalue weighted by Crippen LogP contribution is 2.22. The van der Waals surface area contributed by atoms with Crippen LogP contribution in [0.5, 0.6) is 0 Å². The minimum Gasteiger partial charge on any atom is -0.480 e. The summed E-state index contributed by atoms with van der Waals surface area (Å²) >= 11 is 0. The third-order valence-electron chi connectivity index (χ3n) is 6.14. The Bertz CT molecular complexity index is 1310. The molecule has 0 aliphatic carbocycles. The summed E-state index contributed by atoms with van der Waals surface area (Å²) in [5.41, 5.74) is 12.1. The summed E-state index contributed by atoms with van der Waals surface area (Å²) in [6, 6.07) is 9.65. The van der Waals surface area contributed by atoms with Crippen LogP contribution in [0.1, 0.15) is 36.8 Å². The van der Waals surface area contributed by atoms with Gasteiger partial charge in [-0.2, -0.15) is 4.72 Å². The average molecular weight is 545 g/mol. The van der Waals surface area contributed by atoms with E-state index >= 15 is 0 Å². The number of amides is 2. The van der Waals surface area contributed by atoms with E-state index in [2.05, 4.69) is 10.0 Å². The molecule has 0 aromatic heterocycles. The summed E-state index contributed by atoms with van der Waals surface area (Å²) in [5.74, 6) is -2.38.